The largest absolute Gasteiger partial charge is 0.495 e. The van der Waals surface area contributed by atoms with E-state index in [0.717, 1.165) is 0 Å². The van der Waals surface area contributed by atoms with Gasteiger partial charge in [0.2, 0.25) is 20.0 Å². The van der Waals surface area contributed by atoms with E-state index in [1.807, 2.05) is 0 Å². The van der Waals surface area contributed by atoms with Crippen LogP contribution >= 0.6 is 0 Å². The molecule has 0 aliphatic carbocycles. The number of fused-ring (bicyclic) bond motifs is 2. The highest BCUT2D eigenvalue weighted by Gasteiger charge is 2.23. The Morgan fingerprint density at radius 2 is 0.966 bits per heavy atom. The molecular weight excluding hydrogens is 1170 g/mol. The summed E-state index contributed by atoms with van der Waals surface area (Å²) in [6.45, 7) is -0.320. The monoisotopic (exact) mass is 1230 g/mol. The molecule has 4 heterocycles. The van der Waals surface area contributed by atoms with Crippen LogP contribution in [-0.4, -0.2) is 84.6 Å². The Hall–Kier alpha value is -9.76. The molecule has 0 aliphatic heterocycles. The Kier molecular flexibility index (Phi) is 19.5. The molecular formula is C61H56F2N8O14S2. The van der Waals surface area contributed by atoms with Gasteiger partial charge in [-0.1, -0.05) is 46.7 Å². The van der Waals surface area contributed by atoms with Crippen LogP contribution in [0.4, 0.5) is 8.78 Å². The number of carbonyl (C=O) groups excluding carboxylic acids is 1. The van der Waals surface area contributed by atoms with Crippen molar-refractivity contribution in [3.8, 4) is 45.4 Å². The molecule has 0 saturated carbocycles. The maximum Gasteiger partial charge on any atom is 0.305 e. The van der Waals surface area contributed by atoms with E-state index in [1.165, 1.54) is 91.1 Å². The number of carbonyl (C=O) groups is 2. The molecule has 0 bridgehead atoms. The van der Waals surface area contributed by atoms with Crippen molar-refractivity contribution < 1.29 is 63.6 Å². The maximum absolute atomic E-state index is 13.7. The number of para-hydroxylation sites is 2. The van der Waals surface area contributed by atoms with E-state index in [4.69, 9.17) is 38.3 Å². The standard InChI is InChI=1S/C31H29FN4O7S.C30H27FN4O7S/c1-41-27-7-3-4-8-28(27)44(39,40)33-19-23-18-25(35-43-23)20-11-16-24-26(17-20)34-29(9-5-6-10-30(37)42-2)36(31(24)38)22-14-12-21(32)13-15-22;1-41-26-6-2-3-7-27(26)43(39,40)32-18-22-17-24(34-42-22)19-10-15-23-25(16-19)33-28(8-4-5-9-29(36)37)35(30(23)38)21-13-11-20(31)12-14-21/h3-4,7-8,11-18,33H,5-6,9-10,19H2,1-2H3;2-3,6-7,10-17,32H,4-5,8-9,18H2,1H3,(H,36,37). The van der Waals surface area contributed by atoms with E-state index in [2.05, 4.69) is 19.8 Å². The molecule has 3 N–H and O–H groups in total. The summed E-state index contributed by atoms with van der Waals surface area (Å²) in [6.07, 6.45) is 2.89. The first-order chi connectivity index (χ1) is 41.9. The van der Waals surface area contributed by atoms with Crippen LogP contribution in [0.1, 0.15) is 61.7 Å². The molecule has 26 heteroatoms. The van der Waals surface area contributed by atoms with E-state index in [1.54, 1.807) is 84.9 Å². The molecule has 6 aromatic carbocycles. The van der Waals surface area contributed by atoms with E-state index in [9.17, 15) is 44.8 Å². The lowest BCUT2D eigenvalue weighted by molar-refractivity contribution is -0.141. The summed E-state index contributed by atoms with van der Waals surface area (Å²) in [5, 5.41) is 17.8. The number of nitrogens with one attached hydrogen (secondary N) is 2. The van der Waals surface area contributed by atoms with Crippen molar-refractivity contribution in [2.75, 3.05) is 21.3 Å². The number of sulfonamides is 2. The molecule has 4 aromatic heterocycles. The molecule has 0 aliphatic rings. The average Bonchev–Trinajstić information content (AvgIpc) is 1.75. The number of halogens is 2. The minimum absolute atomic E-state index is 0.00441. The number of hydrogen-bond acceptors (Lipinski definition) is 17. The Morgan fingerprint density at radius 3 is 1.37 bits per heavy atom. The van der Waals surface area contributed by atoms with Crippen molar-refractivity contribution in [2.45, 2.75) is 74.2 Å². The summed E-state index contributed by atoms with van der Waals surface area (Å²) >= 11 is 0. The van der Waals surface area contributed by atoms with Gasteiger partial charge < -0.3 is 28.4 Å². The quantitative estimate of drug-likeness (QED) is 0.0375. The van der Waals surface area contributed by atoms with Crippen molar-refractivity contribution >= 4 is 53.8 Å². The molecule has 22 nitrogen and oxygen atoms in total. The second-order valence-electron chi connectivity index (χ2n) is 19.4. The number of benzene rings is 6. The van der Waals surface area contributed by atoms with Gasteiger partial charge in [-0.3, -0.25) is 28.3 Å². The minimum Gasteiger partial charge on any atom is -0.495 e. The second-order valence-corrected chi connectivity index (χ2v) is 22.9. The number of methoxy groups -OCH3 is 3. The number of ether oxygens (including phenoxy) is 3. The fourth-order valence-electron chi connectivity index (χ4n) is 9.28. The summed E-state index contributed by atoms with van der Waals surface area (Å²) < 4.78 is 112. The number of aliphatic carboxylic acids is 1. The third-order valence-corrected chi connectivity index (χ3v) is 16.5. The van der Waals surface area contributed by atoms with Crippen LogP contribution in [-0.2, 0) is 60.3 Å². The lowest BCUT2D eigenvalue weighted by Crippen LogP contribution is -2.24. The van der Waals surface area contributed by atoms with Crippen molar-refractivity contribution in [3.05, 3.63) is 201 Å². The second kappa shape index (κ2) is 27.5. The van der Waals surface area contributed by atoms with Crippen molar-refractivity contribution in [1.29, 1.82) is 0 Å². The van der Waals surface area contributed by atoms with Crippen LogP contribution in [0, 0.1) is 11.6 Å². The molecule has 450 valence electrons. The third-order valence-electron chi connectivity index (χ3n) is 13.6. The minimum atomic E-state index is -3.90. The smallest absolute Gasteiger partial charge is 0.305 e. The van der Waals surface area contributed by atoms with Crippen molar-refractivity contribution in [3.63, 3.8) is 0 Å². The highest BCUT2D eigenvalue weighted by Crippen LogP contribution is 2.29. The van der Waals surface area contributed by atoms with Gasteiger partial charge in [0.15, 0.2) is 11.5 Å². The Morgan fingerprint density at radius 1 is 0.552 bits per heavy atom. The maximum atomic E-state index is 13.7. The molecule has 87 heavy (non-hydrogen) atoms. The number of esters is 1. The SMILES string of the molecule is COC(=O)CCCCc1nc2cc(-c3cc(CNS(=O)(=O)c4ccccc4OC)on3)ccc2c(=O)n1-c1ccc(F)cc1.COc1ccccc1S(=O)(=O)NCc1cc(-c2ccc3c(=O)n(-c4ccc(F)cc4)c(CCCCC(=O)O)nc3c2)no1. The van der Waals surface area contributed by atoms with Gasteiger partial charge in [-0.15, -0.1) is 0 Å². The summed E-state index contributed by atoms with van der Waals surface area (Å²) in [7, 11) is -3.69. The van der Waals surface area contributed by atoms with Crippen LogP contribution < -0.4 is 30.0 Å². The third kappa shape index (κ3) is 14.8. The van der Waals surface area contributed by atoms with Crippen molar-refractivity contribution in [1.82, 2.24) is 38.9 Å². The summed E-state index contributed by atoms with van der Waals surface area (Å²) in [4.78, 5) is 59.2. The first-order valence-corrected chi connectivity index (χ1v) is 29.9. The molecule has 0 radical (unpaired) electrons. The van der Waals surface area contributed by atoms with Gasteiger partial charge in [-0.2, -0.15) is 0 Å². The van der Waals surface area contributed by atoms with Crippen LogP contribution in [0.15, 0.2) is 174 Å². The van der Waals surface area contributed by atoms with E-state index < -0.39 is 37.7 Å². The molecule has 0 spiro atoms. The van der Waals surface area contributed by atoms with Crippen LogP contribution in [0.25, 0.3) is 55.7 Å². The van der Waals surface area contributed by atoms with E-state index >= 15 is 0 Å². The first kappa shape index (κ1) is 61.8. The average molecular weight is 1230 g/mol. The number of aryl methyl sites for hydroxylation is 2. The van der Waals surface area contributed by atoms with Crippen LogP contribution in [0.2, 0.25) is 0 Å². The Labute approximate surface area is 496 Å². The van der Waals surface area contributed by atoms with Gasteiger partial charge in [0.25, 0.3) is 11.1 Å². The summed E-state index contributed by atoms with van der Waals surface area (Å²) in [5.74, 6) is -0.321. The predicted molar refractivity (Wildman–Crippen MR) is 314 cm³/mol. The molecule has 10 rings (SSSR count). The van der Waals surface area contributed by atoms with E-state index in [0.29, 0.717) is 106 Å². The zero-order valence-corrected chi connectivity index (χ0v) is 48.6. The Bertz CT molecular complexity index is 4500. The summed E-state index contributed by atoms with van der Waals surface area (Å²) in [5.41, 5.74) is 3.02. The zero-order valence-electron chi connectivity index (χ0n) is 46.9. The number of carboxylic acids is 1. The van der Waals surface area contributed by atoms with Gasteiger partial charge >= 0.3 is 11.9 Å². The number of hydrogen-bond donors (Lipinski definition) is 3. The fraction of sp³-hybridized carbons (Fsp3) is 0.213. The lowest BCUT2D eigenvalue weighted by Gasteiger charge is -2.14. The molecule has 0 amide bonds. The first-order valence-electron chi connectivity index (χ1n) is 27.0. The normalized spacial score (nSPS) is 11.6. The van der Waals surface area contributed by atoms with Gasteiger partial charge in [0.05, 0.1) is 67.6 Å². The number of aromatic nitrogens is 6. The van der Waals surface area contributed by atoms with Gasteiger partial charge in [-0.25, -0.2) is 45.0 Å². The number of rotatable bonds is 24. The number of nitrogens with zero attached hydrogens (tertiary/aromatic N) is 6. The molecule has 0 unspecified atom stereocenters. The van der Waals surface area contributed by atoms with Gasteiger partial charge in [-0.05, 0) is 123 Å². The number of unbranched alkanes of at least 4 members (excludes halogenated alkanes) is 2. The zero-order chi connectivity index (χ0) is 61.8. The topological polar surface area (TPSA) is 296 Å². The number of carboxylic acid groups (broad SMARTS) is 1. The Balaban J connectivity index is 0.000000208. The van der Waals surface area contributed by atoms with Gasteiger partial charge in [0, 0.05) is 48.9 Å². The highest BCUT2D eigenvalue weighted by atomic mass is 32.2. The predicted octanol–water partition coefficient (Wildman–Crippen LogP) is 9.02. The van der Waals surface area contributed by atoms with Crippen LogP contribution in [0.5, 0.6) is 11.5 Å². The lowest BCUT2D eigenvalue weighted by atomic mass is 10.1. The fourth-order valence-corrected chi connectivity index (χ4v) is 11.6. The summed E-state index contributed by atoms with van der Waals surface area (Å²) in [6, 6.07) is 36.7. The van der Waals surface area contributed by atoms with Gasteiger partial charge in [0.1, 0.15) is 56.0 Å². The molecule has 0 atom stereocenters. The molecule has 10 aromatic rings. The van der Waals surface area contributed by atoms with E-state index in [-0.39, 0.29) is 75.8 Å². The van der Waals surface area contributed by atoms with Crippen LogP contribution in [0.3, 0.4) is 0 Å². The molecule has 0 saturated heterocycles. The van der Waals surface area contributed by atoms with Crippen molar-refractivity contribution in [2.24, 2.45) is 0 Å². The molecule has 0 fully saturated rings. The highest BCUT2D eigenvalue weighted by molar-refractivity contribution is 7.89.